The van der Waals surface area contributed by atoms with Crippen molar-refractivity contribution >= 4 is 62.9 Å². The van der Waals surface area contributed by atoms with Crippen LogP contribution in [0.3, 0.4) is 0 Å². The van der Waals surface area contributed by atoms with E-state index in [9.17, 15) is 27.4 Å². The first-order chi connectivity index (χ1) is 27.0. The normalized spacial score (nSPS) is 10.4. The molecule has 0 unspecified atom stereocenters. The number of aromatic nitrogens is 2. The first kappa shape index (κ1) is 45.8. The summed E-state index contributed by atoms with van der Waals surface area (Å²) in [6.07, 6.45) is 2.03. The molecule has 0 aliphatic carbocycles. The van der Waals surface area contributed by atoms with Gasteiger partial charge in [0.1, 0.15) is 35.0 Å². The number of hydrogen-bond donors (Lipinski definition) is 2. The first-order valence-electron chi connectivity index (χ1n) is 17.1. The largest absolute Gasteiger partial charge is 0.497 e. The Morgan fingerprint density at radius 1 is 0.672 bits per heavy atom. The zero-order valence-corrected chi connectivity index (χ0v) is 34.4. The predicted octanol–water partition coefficient (Wildman–Crippen LogP) is 7.66. The molecule has 0 bridgehead atoms. The summed E-state index contributed by atoms with van der Waals surface area (Å²) in [6.45, 7) is 5.41. The van der Waals surface area contributed by atoms with Crippen LogP contribution in [0.25, 0.3) is 21.8 Å². The number of methoxy groups -OCH3 is 2. The van der Waals surface area contributed by atoms with Crippen molar-refractivity contribution in [2.24, 2.45) is 0 Å². The fourth-order valence-electron chi connectivity index (χ4n) is 5.72. The minimum absolute atomic E-state index is 0. The van der Waals surface area contributed by atoms with Crippen molar-refractivity contribution in [2.75, 3.05) is 37.2 Å². The minimum atomic E-state index is -3.32. The highest BCUT2D eigenvalue weighted by molar-refractivity contribution is 8.13. The molecule has 58 heavy (non-hydrogen) atoms. The molecule has 6 aromatic rings. The van der Waals surface area contributed by atoms with E-state index in [-0.39, 0.29) is 7.43 Å². The number of nitrogen functional groups attached to an aromatic ring is 1. The highest BCUT2D eigenvalue weighted by atomic mass is 35.7. The molecule has 0 aliphatic heterocycles. The molecule has 0 fully saturated rings. The van der Waals surface area contributed by atoms with E-state index in [0.717, 1.165) is 63.6 Å². The number of benzene rings is 4. The van der Waals surface area contributed by atoms with Gasteiger partial charge in [-0.2, -0.15) is 10.5 Å². The number of nitriles is 2. The molecule has 12 nitrogen and oxygen atoms in total. The molecule has 0 saturated carbocycles. The third kappa shape index (κ3) is 12.0. The first-order valence-corrected chi connectivity index (χ1v) is 21.7. The van der Waals surface area contributed by atoms with Crippen LogP contribution in [0.2, 0.25) is 0 Å². The highest BCUT2D eigenvalue weighted by Gasteiger charge is 2.17. The summed E-state index contributed by atoms with van der Waals surface area (Å²) in [5.41, 5.74) is 12.8. The van der Waals surface area contributed by atoms with Gasteiger partial charge in [-0.25, -0.2) is 16.8 Å². The molecule has 15 heteroatoms. The number of rotatable bonds is 6. The Labute approximate surface area is 344 Å². The summed E-state index contributed by atoms with van der Waals surface area (Å²) >= 11 is 0. The van der Waals surface area contributed by atoms with E-state index < -0.39 is 19.1 Å². The Morgan fingerprint density at radius 3 is 1.38 bits per heavy atom. The standard InChI is InChI=1S/C21H19N3O3S.C20H17N3O.CH3ClO2S.CH4/c1-4-24-20(19(14-22)18-11-10-17(27-2)13-21(18)24)12-7-15-5-8-16(9-6-15)23-28(3,25)26;1-3-23-19(11-6-14-4-7-15(22)8-5-14)18(13-21)17-10-9-16(24-2)12-20(17)23;1-5(2,3)4;/h5-6,8-11,13,23H,4H2,1-3H3;4-5,7-10,12H,3,22H2,1-2H3;1H3;1H4. The van der Waals surface area contributed by atoms with Crippen molar-refractivity contribution in [1.82, 2.24) is 9.13 Å². The minimum Gasteiger partial charge on any atom is -0.497 e. The third-order valence-electron chi connectivity index (χ3n) is 8.15. The number of fused-ring (bicyclic) bond motifs is 2. The van der Waals surface area contributed by atoms with Gasteiger partial charge in [0, 0.05) is 69.2 Å². The molecule has 4 aromatic carbocycles. The molecular weight excluding hydrogens is 796 g/mol. The SMILES string of the molecule is C.CCn1c(C#Cc2ccc(N)cc2)c(C#N)c2ccc(OC)cc21.CCn1c(C#Cc2ccc(NS(C)(=O)=O)cc2)c(C#N)c2ccc(OC)cc21.CS(=O)(=O)Cl. The fraction of sp³-hybridized carbons (Fsp3) is 0.209. The summed E-state index contributed by atoms with van der Waals surface area (Å²) < 4.78 is 58.4. The van der Waals surface area contributed by atoms with E-state index in [0.29, 0.717) is 40.3 Å². The van der Waals surface area contributed by atoms with Crippen LogP contribution in [0.4, 0.5) is 11.4 Å². The molecular formula is C43H43ClN6O6S2. The van der Waals surface area contributed by atoms with Gasteiger partial charge < -0.3 is 24.3 Å². The molecule has 2 heterocycles. The number of nitrogens with one attached hydrogen (secondary N) is 1. The van der Waals surface area contributed by atoms with Gasteiger partial charge in [0.2, 0.25) is 19.1 Å². The zero-order chi connectivity index (χ0) is 41.9. The number of halogens is 1. The van der Waals surface area contributed by atoms with Gasteiger partial charge in [-0.1, -0.05) is 19.3 Å². The number of nitrogens with zero attached hydrogens (tertiary/aromatic N) is 4. The maximum absolute atomic E-state index is 11.3. The second kappa shape index (κ2) is 20.0. The molecule has 0 amide bonds. The van der Waals surface area contributed by atoms with Gasteiger partial charge in [-0.15, -0.1) is 0 Å². The monoisotopic (exact) mass is 838 g/mol. The second-order valence-corrected chi connectivity index (χ2v) is 17.0. The maximum Gasteiger partial charge on any atom is 0.229 e. The third-order valence-corrected chi connectivity index (χ3v) is 8.76. The Balaban J connectivity index is 0.000000276. The lowest BCUT2D eigenvalue weighted by Gasteiger charge is -2.05. The van der Waals surface area contributed by atoms with Crippen molar-refractivity contribution < 1.29 is 26.3 Å². The molecule has 300 valence electrons. The molecule has 0 aliphatic rings. The lowest BCUT2D eigenvalue weighted by molar-refractivity contribution is 0.415. The summed E-state index contributed by atoms with van der Waals surface area (Å²) in [6, 6.07) is 30.0. The topological polar surface area (TPSA) is 182 Å². The average Bonchev–Trinajstić information content (AvgIpc) is 3.65. The molecule has 6 rings (SSSR count). The van der Waals surface area contributed by atoms with Crippen LogP contribution in [0.15, 0.2) is 84.9 Å². The maximum atomic E-state index is 11.3. The van der Waals surface area contributed by atoms with Gasteiger partial charge in [0.15, 0.2) is 0 Å². The Hall–Kier alpha value is -6.55. The quantitative estimate of drug-likeness (QED) is 0.0967. The van der Waals surface area contributed by atoms with Crippen molar-refractivity contribution in [2.45, 2.75) is 34.4 Å². The van der Waals surface area contributed by atoms with Crippen LogP contribution < -0.4 is 19.9 Å². The lowest BCUT2D eigenvalue weighted by Crippen LogP contribution is -2.09. The van der Waals surface area contributed by atoms with E-state index in [2.05, 4.69) is 51.2 Å². The van der Waals surface area contributed by atoms with Crippen LogP contribution in [0.1, 0.15) is 54.9 Å². The lowest BCUT2D eigenvalue weighted by atomic mass is 10.1. The molecule has 3 N–H and O–H groups in total. The number of hydrogen-bond acceptors (Lipinski definition) is 9. The van der Waals surface area contributed by atoms with Crippen LogP contribution in [-0.4, -0.2) is 52.7 Å². The molecule has 0 spiro atoms. The van der Waals surface area contributed by atoms with Crippen LogP contribution >= 0.6 is 10.7 Å². The Kier molecular flexibility index (Phi) is 15.8. The van der Waals surface area contributed by atoms with Gasteiger partial charge in [0.25, 0.3) is 0 Å². The van der Waals surface area contributed by atoms with Gasteiger partial charge >= 0.3 is 0 Å². The second-order valence-electron chi connectivity index (χ2n) is 12.2. The number of aryl methyl sites for hydroxylation is 2. The van der Waals surface area contributed by atoms with E-state index in [1.807, 2.05) is 83.6 Å². The van der Waals surface area contributed by atoms with E-state index in [1.165, 1.54) is 0 Å². The summed E-state index contributed by atoms with van der Waals surface area (Å²) in [4.78, 5) is 0. The number of sulfonamides is 1. The number of ether oxygens (including phenoxy) is 2. The predicted molar refractivity (Wildman–Crippen MR) is 233 cm³/mol. The van der Waals surface area contributed by atoms with E-state index >= 15 is 0 Å². The van der Waals surface area contributed by atoms with Crippen molar-refractivity contribution in [3.05, 3.63) is 119 Å². The molecule has 0 atom stereocenters. The smallest absolute Gasteiger partial charge is 0.229 e. The van der Waals surface area contributed by atoms with Gasteiger partial charge in [-0.05, 0) is 98.5 Å². The van der Waals surface area contributed by atoms with Crippen molar-refractivity contribution in [3.8, 4) is 47.3 Å². The molecule has 2 aromatic heterocycles. The summed E-state index contributed by atoms with van der Waals surface area (Å²) in [5.74, 6) is 13.9. The van der Waals surface area contributed by atoms with E-state index in [4.69, 9.17) is 15.2 Å². The van der Waals surface area contributed by atoms with E-state index in [1.54, 1.807) is 38.5 Å². The van der Waals surface area contributed by atoms with Crippen LogP contribution in [-0.2, 0) is 32.2 Å². The van der Waals surface area contributed by atoms with Crippen molar-refractivity contribution in [3.63, 3.8) is 0 Å². The van der Waals surface area contributed by atoms with Crippen LogP contribution in [0.5, 0.6) is 11.5 Å². The Bertz CT molecular complexity index is 2860. The van der Waals surface area contributed by atoms with Gasteiger partial charge in [-0.3, -0.25) is 4.72 Å². The zero-order valence-electron chi connectivity index (χ0n) is 32.0. The molecule has 0 saturated heterocycles. The van der Waals surface area contributed by atoms with Crippen LogP contribution in [0, 0.1) is 46.3 Å². The van der Waals surface area contributed by atoms with Gasteiger partial charge in [0.05, 0.1) is 48.9 Å². The summed E-state index contributed by atoms with van der Waals surface area (Å²) in [5, 5.41) is 21.0. The van der Waals surface area contributed by atoms with Crippen molar-refractivity contribution in [1.29, 1.82) is 10.5 Å². The highest BCUT2D eigenvalue weighted by Crippen LogP contribution is 2.30. The average molecular weight is 839 g/mol. The number of anilines is 2. The fourth-order valence-corrected chi connectivity index (χ4v) is 6.28. The number of nitrogens with two attached hydrogens (primary N) is 1. The summed E-state index contributed by atoms with van der Waals surface area (Å²) in [7, 11) is 1.23. The molecule has 0 radical (unpaired) electrons. The Morgan fingerprint density at radius 2 is 1.05 bits per heavy atom.